The number of carbonyl (C=O) groups is 1. The molecule has 1 amide bonds. The van der Waals surface area contributed by atoms with E-state index in [1.165, 1.54) is 11.1 Å². The lowest BCUT2D eigenvalue weighted by molar-refractivity contribution is 0.0283. The maximum absolute atomic E-state index is 12.8. The van der Waals surface area contributed by atoms with Crippen molar-refractivity contribution in [2.24, 2.45) is 0 Å². The first kappa shape index (κ1) is 18.0. The van der Waals surface area contributed by atoms with E-state index in [-0.39, 0.29) is 5.91 Å². The standard InChI is InChI=1S/C19H31N3O/c1-14-7-8-18(11-15(14)2)19(23)21-12-16(3)22(17(4)13-21)10-9-20(5)6/h7-8,11,16-17H,9-10,12-13H2,1-6H3. The molecule has 1 aliphatic rings. The summed E-state index contributed by atoms with van der Waals surface area (Å²) in [6.45, 7) is 12.3. The van der Waals surface area contributed by atoms with Crippen LogP contribution in [-0.2, 0) is 0 Å². The minimum atomic E-state index is 0.166. The molecule has 0 N–H and O–H groups in total. The van der Waals surface area contributed by atoms with Crippen molar-refractivity contribution < 1.29 is 4.79 Å². The van der Waals surface area contributed by atoms with Gasteiger partial charge in [0, 0.05) is 43.8 Å². The first-order valence-corrected chi connectivity index (χ1v) is 8.56. The summed E-state index contributed by atoms with van der Waals surface area (Å²) in [7, 11) is 4.21. The van der Waals surface area contributed by atoms with Gasteiger partial charge >= 0.3 is 0 Å². The molecule has 0 bridgehead atoms. The summed E-state index contributed by atoms with van der Waals surface area (Å²) < 4.78 is 0. The van der Waals surface area contributed by atoms with Crippen LogP contribution in [0.15, 0.2) is 18.2 Å². The third-order valence-electron chi connectivity index (χ3n) is 4.95. The van der Waals surface area contributed by atoms with E-state index in [1.54, 1.807) is 0 Å². The summed E-state index contributed by atoms with van der Waals surface area (Å²) in [6, 6.07) is 6.82. The molecule has 1 heterocycles. The molecule has 2 rings (SSSR count). The fourth-order valence-electron chi connectivity index (χ4n) is 3.34. The maximum Gasteiger partial charge on any atom is 0.253 e. The molecule has 1 aromatic rings. The Morgan fingerprint density at radius 1 is 1.13 bits per heavy atom. The van der Waals surface area contributed by atoms with Crippen molar-refractivity contribution in [2.75, 3.05) is 40.3 Å². The monoisotopic (exact) mass is 317 g/mol. The first-order valence-electron chi connectivity index (χ1n) is 8.56. The summed E-state index contributed by atoms with van der Waals surface area (Å²) in [4.78, 5) is 19.6. The van der Waals surface area contributed by atoms with Gasteiger partial charge in [-0.05, 0) is 65.0 Å². The summed E-state index contributed by atoms with van der Waals surface area (Å²) in [6.07, 6.45) is 0. The van der Waals surface area contributed by atoms with Crippen molar-refractivity contribution in [1.29, 1.82) is 0 Å². The summed E-state index contributed by atoms with van der Waals surface area (Å²) in [5, 5.41) is 0. The molecule has 0 aromatic heterocycles. The van der Waals surface area contributed by atoms with Crippen LogP contribution < -0.4 is 0 Å². The van der Waals surface area contributed by atoms with Crippen molar-refractivity contribution in [2.45, 2.75) is 39.8 Å². The fraction of sp³-hybridized carbons (Fsp3) is 0.632. The summed E-state index contributed by atoms with van der Waals surface area (Å²) in [5.41, 5.74) is 3.23. The highest BCUT2D eigenvalue weighted by molar-refractivity contribution is 5.94. The highest BCUT2D eigenvalue weighted by Gasteiger charge is 2.31. The number of benzene rings is 1. The van der Waals surface area contributed by atoms with Crippen LogP contribution in [0, 0.1) is 13.8 Å². The Kier molecular flexibility index (Phi) is 5.82. The molecule has 4 nitrogen and oxygen atoms in total. The lowest BCUT2D eigenvalue weighted by atomic mass is 10.0. The van der Waals surface area contributed by atoms with E-state index < -0.39 is 0 Å². The molecule has 23 heavy (non-hydrogen) atoms. The van der Waals surface area contributed by atoms with Gasteiger partial charge < -0.3 is 9.80 Å². The number of nitrogens with zero attached hydrogens (tertiary/aromatic N) is 3. The molecule has 2 atom stereocenters. The molecule has 128 valence electrons. The largest absolute Gasteiger partial charge is 0.336 e. The zero-order chi connectivity index (χ0) is 17.1. The minimum absolute atomic E-state index is 0.166. The van der Waals surface area contributed by atoms with E-state index in [2.05, 4.69) is 51.6 Å². The van der Waals surface area contributed by atoms with Crippen LogP contribution in [0.4, 0.5) is 0 Å². The van der Waals surface area contributed by atoms with E-state index in [1.807, 2.05) is 23.1 Å². The van der Waals surface area contributed by atoms with Crippen molar-refractivity contribution in [3.05, 3.63) is 34.9 Å². The van der Waals surface area contributed by atoms with Gasteiger partial charge in [0.1, 0.15) is 0 Å². The highest BCUT2D eigenvalue weighted by Crippen LogP contribution is 2.19. The topological polar surface area (TPSA) is 26.8 Å². The van der Waals surface area contributed by atoms with E-state index in [4.69, 9.17) is 0 Å². The van der Waals surface area contributed by atoms with Crippen molar-refractivity contribution in [3.63, 3.8) is 0 Å². The van der Waals surface area contributed by atoms with E-state index in [9.17, 15) is 4.79 Å². The van der Waals surface area contributed by atoms with Crippen LogP contribution in [0.25, 0.3) is 0 Å². The third kappa shape index (κ3) is 4.33. The second kappa shape index (κ2) is 7.45. The Balaban J connectivity index is 2.05. The van der Waals surface area contributed by atoms with Crippen molar-refractivity contribution >= 4 is 5.91 Å². The SMILES string of the molecule is Cc1ccc(C(=O)N2CC(C)N(CCN(C)C)C(C)C2)cc1C. The molecule has 2 unspecified atom stereocenters. The Bertz CT molecular complexity index is 544. The van der Waals surface area contributed by atoms with Crippen LogP contribution in [-0.4, -0.2) is 73.0 Å². The second-order valence-electron chi connectivity index (χ2n) is 7.25. The molecule has 1 aliphatic heterocycles. The van der Waals surface area contributed by atoms with Gasteiger partial charge in [-0.3, -0.25) is 9.69 Å². The lowest BCUT2D eigenvalue weighted by Gasteiger charge is -2.44. The molecule has 1 aromatic carbocycles. The third-order valence-corrected chi connectivity index (χ3v) is 4.95. The smallest absolute Gasteiger partial charge is 0.253 e. The lowest BCUT2D eigenvalue weighted by Crippen LogP contribution is -2.59. The van der Waals surface area contributed by atoms with Crippen molar-refractivity contribution in [1.82, 2.24) is 14.7 Å². The second-order valence-corrected chi connectivity index (χ2v) is 7.25. The number of hydrogen-bond donors (Lipinski definition) is 0. The molecule has 1 fully saturated rings. The molecule has 0 spiro atoms. The molecule has 0 aliphatic carbocycles. The Labute approximate surface area is 141 Å². The number of hydrogen-bond acceptors (Lipinski definition) is 3. The zero-order valence-electron chi connectivity index (χ0n) is 15.5. The average Bonchev–Trinajstić information content (AvgIpc) is 2.48. The Hall–Kier alpha value is -1.39. The van der Waals surface area contributed by atoms with E-state index in [0.717, 1.165) is 31.7 Å². The van der Waals surface area contributed by atoms with Gasteiger partial charge in [-0.15, -0.1) is 0 Å². The molecular weight excluding hydrogens is 286 g/mol. The number of likely N-dealkylation sites (N-methyl/N-ethyl adjacent to an activating group) is 1. The summed E-state index contributed by atoms with van der Waals surface area (Å²) in [5.74, 6) is 0.166. The summed E-state index contributed by atoms with van der Waals surface area (Å²) >= 11 is 0. The van der Waals surface area contributed by atoms with Crippen LogP contribution in [0.2, 0.25) is 0 Å². The first-order chi connectivity index (χ1) is 10.8. The quantitative estimate of drug-likeness (QED) is 0.853. The van der Waals surface area contributed by atoms with Crippen molar-refractivity contribution in [3.8, 4) is 0 Å². The minimum Gasteiger partial charge on any atom is -0.336 e. The van der Waals surface area contributed by atoms with Crippen LogP contribution in [0.1, 0.15) is 35.3 Å². The van der Waals surface area contributed by atoms with Gasteiger partial charge in [0.2, 0.25) is 0 Å². The van der Waals surface area contributed by atoms with Gasteiger partial charge in [0.15, 0.2) is 0 Å². The highest BCUT2D eigenvalue weighted by atomic mass is 16.2. The molecule has 0 radical (unpaired) electrons. The number of aryl methyl sites for hydroxylation is 2. The maximum atomic E-state index is 12.8. The van der Waals surface area contributed by atoms with E-state index >= 15 is 0 Å². The predicted octanol–water partition coefficient (Wildman–Crippen LogP) is 2.40. The fourth-order valence-corrected chi connectivity index (χ4v) is 3.34. The van der Waals surface area contributed by atoms with Gasteiger partial charge in [-0.25, -0.2) is 0 Å². The Morgan fingerprint density at radius 2 is 1.74 bits per heavy atom. The number of rotatable bonds is 4. The number of amides is 1. The number of piperazine rings is 1. The molecule has 0 saturated carbocycles. The van der Waals surface area contributed by atoms with Gasteiger partial charge in [-0.1, -0.05) is 6.07 Å². The van der Waals surface area contributed by atoms with Gasteiger partial charge in [0.25, 0.3) is 5.91 Å². The van der Waals surface area contributed by atoms with Gasteiger partial charge in [-0.2, -0.15) is 0 Å². The zero-order valence-corrected chi connectivity index (χ0v) is 15.5. The normalized spacial score (nSPS) is 22.7. The average molecular weight is 317 g/mol. The predicted molar refractivity (Wildman–Crippen MR) is 96.0 cm³/mol. The number of carbonyl (C=O) groups excluding carboxylic acids is 1. The van der Waals surface area contributed by atoms with Crippen LogP contribution >= 0.6 is 0 Å². The van der Waals surface area contributed by atoms with Gasteiger partial charge in [0.05, 0.1) is 0 Å². The Morgan fingerprint density at radius 3 is 2.26 bits per heavy atom. The molecular formula is C19H31N3O. The van der Waals surface area contributed by atoms with E-state index in [0.29, 0.717) is 12.1 Å². The van der Waals surface area contributed by atoms with Crippen LogP contribution in [0.3, 0.4) is 0 Å². The molecule has 4 heteroatoms. The molecule has 1 saturated heterocycles. The van der Waals surface area contributed by atoms with Crippen LogP contribution in [0.5, 0.6) is 0 Å².